The summed E-state index contributed by atoms with van der Waals surface area (Å²) in [6, 6.07) is 3.74. The van der Waals surface area contributed by atoms with Crippen LogP contribution in [0.2, 0.25) is 0 Å². The van der Waals surface area contributed by atoms with Gasteiger partial charge in [0, 0.05) is 32.7 Å². The highest BCUT2D eigenvalue weighted by atomic mass is 16.4. The maximum atomic E-state index is 5.40. The molecule has 0 aliphatic carbocycles. The predicted molar refractivity (Wildman–Crippen MR) is 62.4 cm³/mol. The second-order valence-electron chi connectivity index (χ2n) is 4.13. The lowest BCUT2D eigenvalue weighted by Gasteiger charge is -2.26. The number of furan rings is 1. The van der Waals surface area contributed by atoms with Crippen molar-refractivity contribution in [2.45, 2.75) is 6.54 Å². The minimum absolute atomic E-state index is 0.743. The van der Waals surface area contributed by atoms with E-state index in [1.54, 1.807) is 6.26 Å². The number of hydrogen-bond acceptors (Lipinski definition) is 5. The molecule has 0 aromatic carbocycles. The van der Waals surface area contributed by atoms with Crippen LogP contribution in [0.4, 0.5) is 0 Å². The summed E-state index contributed by atoms with van der Waals surface area (Å²) >= 11 is 0. The van der Waals surface area contributed by atoms with Crippen molar-refractivity contribution in [3.63, 3.8) is 0 Å². The van der Waals surface area contributed by atoms with Gasteiger partial charge in [-0.05, 0) is 12.1 Å². The molecular weight excluding hydrogens is 218 g/mol. The van der Waals surface area contributed by atoms with Gasteiger partial charge in [0.1, 0.15) is 5.69 Å². The first kappa shape index (κ1) is 10.6. The van der Waals surface area contributed by atoms with Gasteiger partial charge in [-0.1, -0.05) is 0 Å². The van der Waals surface area contributed by atoms with Crippen LogP contribution in [0.15, 0.2) is 33.6 Å². The van der Waals surface area contributed by atoms with Gasteiger partial charge in [0.15, 0.2) is 17.9 Å². The summed E-state index contributed by atoms with van der Waals surface area (Å²) < 4.78 is 10.7. The van der Waals surface area contributed by atoms with E-state index >= 15 is 0 Å². The highest BCUT2D eigenvalue weighted by molar-refractivity contribution is 5.52. The van der Waals surface area contributed by atoms with Gasteiger partial charge in [-0.15, -0.1) is 0 Å². The molecule has 5 nitrogen and oxygen atoms in total. The summed E-state index contributed by atoms with van der Waals surface area (Å²) in [6.45, 7) is 4.98. The highest BCUT2D eigenvalue weighted by Gasteiger charge is 2.17. The van der Waals surface area contributed by atoms with Crippen molar-refractivity contribution in [3.8, 4) is 11.5 Å². The molecule has 3 rings (SSSR count). The quantitative estimate of drug-likeness (QED) is 0.867. The van der Waals surface area contributed by atoms with E-state index in [1.165, 1.54) is 6.39 Å². The van der Waals surface area contributed by atoms with Gasteiger partial charge >= 0.3 is 0 Å². The number of hydrogen-bond donors (Lipinski definition) is 1. The standard InChI is InChI=1S/C12H15N3O2/c1-2-11(16-7-1)12-10(14-9-17-12)8-15-5-3-13-4-6-15/h1-2,7,9,13H,3-6,8H2. The molecule has 0 bridgehead atoms. The van der Waals surface area contributed by atoms with E-state index < -0.39 is 0 Å². The van der Waals surface area contributed by atoms with Crippen LogP contribution in [-0.4, -0.2) is 36.1 Å². The topological polar surface area (TPSA) is 54.4 Å². The third-order valence-corrected chi connectivity index (χ3v) is 2.97. The number of nitrogens with one attached hydrogen (secondary N) is 1. The van der Waals surface area contributed by atoms with E-state index in [4.69, 9.17) is 8.83 Å². The Morgan fingerprint density at radius 2 is 2.18 bits per heavy atom. The molecule has 0 atom stereocenters. The Kier molecular flexibility index (Phi) is 2.94. The smallest absolute Gasteiger partial charge is 0.194 e. The van der Waals surface area contributed by atoms with Crippen molar-refractivity contribution in [1.29, 1.82) is 0 Å². The first-order valence-electron chi connectivity index (χ1n) is 5.83. The van der Waals surface area contributed by atoms with Crippen LogP contribution in [0.25, 0.3) is 11.5 Å². The summed E-state index contributed by atoms with van der Waals surface area (Å²) in [5.41, 5.74) is 0.946. The number of aromatic nitrogens is 1. The lowest BCUT2D eigenvalue weighted by atomic mass is 10.2. The molecule has 5 heteroatoms. The van der Waals surface area contributed by atoms with E-state index in [9.17, 15) is 0 Å². The van der Waals surface area contributed by atoms with Crippen molar-refractivity contribution in [3.05, 3.63) is 30.5 Å². The van der Waals surface area contributed by atoms with Gasteiger partial charge in [0.2, 0.25) is 0 Å². The number of rotatable bonds is 3. The molecule has 0 saturated carbocycles. The summed E-state index contributed by atoms with van der Waals surface area (Å²) in [7, 11) is 0. The highest BCUT2D eigenvalue weighted by Crippen LogP contribution is 2.24. The van der Waals surface area contributed by atoms with Crippen LogP contribution in [0.5, 0.6) is 0 Å². The van der Waals surface area contributed by atoms with Crippen LogP contribution >= 0.6 is 0 Å². The molecule has 0 spiro atoms. The monoisotopic (exact) mass is 233 g/mol. The summed E-state index contributed by atoms with van der Waals surface area (Å²) in [5, 5.41) is 3.33. The minimum Gasteiger partial charge on any atom is -0.461 e. The maximum absolute atomic E-state index is 5.40. The van der Waals surface area contributed by atoms with Gasteiger partial charge < -0.3 is 14.2 Å². The molecule has 17 heavy (non-hydrogen) atoms. The number of oxazole rings is 1. The van der Waals surface area contributed by atoms with Crippen LogP contribution in [-0.2, 0) is 6.54 Å². The zero-order valence-corrected chi connectivity index (χ0v) is 9.56. The first-order chi connectivity index (χ1) is 8.43. The van der Waals surface area contributed by atoms with Crippen molar-refractivity contribution in [2.75, 3.05) is 26.2 Å². The fourth-order valence-corrected chi connectivity index (χ4v) is 2.07. The van der Waals surface area contributed by atoms with Crippen LogP contribution in [0, 0.1) is 0 Å². The van der Waals surface area contributed by atoms with Crippen LogP contribution < -0.4 is 5.32 Å². The van der Waals surface area contributed by atoms with Crippen molar-refractivity contribution < 1.29 is 8.83 Å². The molecule has 0 unspecified atom stereocenters. The van der Waals surface area contributed by atoms with Crippen molar-refractivity contribution in [2.24, 2.45) is 0 Å². The predicted octanol–water partition coefficient (Wildman–Crippen LogP) is 1.34. The van der Waals surface area contributed by atoms with Gasteiger partial charge in [-0.2, -0.15) is 0 Å². The Labute approximate surface area is 99.4 Å². The second kappa shape index (κ2) is 4.73. The summed E-state index contributed by atoms with van der Waals surface area (Å²) in [4.78, 5) is 6.64. The molecule has 3 heterocycles. The van der Waals surface area contributed by atoms with Gasteiger partial charge in [0.25, 0.3) is 0 Å². The van der Waals surface area contributed by atoms with E-state index in [1.807, 2.05) is 12.1 Å². The largest absolute Gasteiger partial charge is 0.461 e. The fourth-order valence-electron chi connectivity index (χ4n) is 2.07. The number of nitrogens with zero attached hydrogens (tertiary/aromatic N) is 2. The number of piperazine rings is 1. The summed E-state index contributed by atoms with van der Waals surface area (Å²) in [5.74, 6) is 1.49. The molecule has 2 aromatic heterocycles. The molecule has 0 radical (unpaired) electrons. The van der Waals surface area contributed by atoms with Crippen molar-refractivity contribution >= 4 is 0 Å². The fraction of sp³-hybridized carbons (Fsp3) is 0.417. The Morgan fingerprint density at radius 3 is 2.94 bits per heavy atom. The normalized spacial score (nSPS) is 17.4. The van der Waals surface area contributed by atoms with E-state index in [0.717, 1.165) is 49.9 Å². The molecule has 1 aliphatic rings. The third kappa shape index (κ3) is 2.25. The lowest BCUT2D eigenvalue weighted by Crippen LogP contribution is -2.43. The minimum atomic E-state index is 0.743. The Hall–Kier alpha value is -1.59. The maximum Gasteiger partial charge on any atom is 0.194 e. The van der Waals surface area contributed by atoms with Crippen LogP contribution in [0.3, 0.4) is 0 Å². The Morgan fingerprint density at radius 1 is 1.29 bits per heavy atom. The van der Waals surface area contributed by atoms with Gasteiger partial charge in [-0.25, -0.2) is 4.98 Å². The average molecular weight is 233 g/mol. The summed E-state index contributed by atoms with van der Waals surface area (Å²) in [6.07, 6.45) is 3.13. The molecule has 1 fully saturated rings. The lowest BCUT2D eigenvalue weighted by molar-refractivity contribution is 0.231. The van der Waals surface area contributed by atoms with E-state index in [-0.39, 0.29) is 0 Å². The van der Waals surface area contributed by atoms with Crippen molar-refractivity contribution in [1.82, 2.24) is 15.2 Å². The molecule has 1 N–H and O–H groups in total. The Bertz CT molecular complexity index is 458. The van der Waals surface area contributed by atoms with E-state index in [2.05, 4.69) is 15.2 Å². The molecular formula is C12H15N3O2. The first-order valence-corrected chi connectivity index (χ1v) is 5.83. The SMILES string of the molecule is c1coc(-c2ocnc2CN2CCNCC2)c1. The van der Waals surface area contributed by atoms with E-state index in [0.29, 0.717) is 0 Å². The zero-order chi connectivity index (χ0) is 11.5. The average Bonchev–Trinajstić information content (AvgIpc) is 3.00. The molecule has 90 valence electrons. The van der Waals surface area contributed by atoms with Crippen LogP contribution in [0.1, 0.15) is 5.69 Å². The Balaban J connectivity index is 1.77. The molecule has 1 saturated heterocycles. The third-order valence-electron chi connectivity index (χ3n) is 2.97. The molecule has 1 aliphatic heterocycles. The van der Waals surface area contributed by atoms with Gasteiger partial charge in [0.05, 0.1) is 6.26 Å². The van der Waals surface area contributed by atoms with Gasteiger partial charge in [-0.3, -0.25) is 4.90 Å². The molecule has 0 amide bonds. The zero-order valence-electron chi connectivity index (χ0n) is 9.56. The second-order valence-corrected chi connectivity index (χ2v) is 4.13. The molecule has 2 aromatic rings.